The molecule has 0 saturated carbocycles. The zero-order valence-electron chi connectivity index (χ0n) is 8.52. The Hall–Kier alpha value is 0.210. The second-order valence-electron chi connectivity index (χ2n) is 3.86. The molecule has 0 aliphatic heterocycles. The van der Waals surface area contributed by atoms with Crippen molar-refractivity contribution < 1.29 is 22.0 Å². The van der Waals surface area contributed by atoms with Crippen molar-refractivity contribution in [1.29, 1.82) is 0 Å². The molecular weight excluding hydrogens is 174 g/mol. The molecule has 3 heteroatoms. The molecule has 0 aromatic heterocycles. The molecular formula is C9H22ClNO. The molecule has 12 heavy (non-hydrogen) atoms. The first-order chi connectivity index (χ1) is 5.12. The van der Waals surface area contributed by atoms with E-state index in [9.17, 15) is 0 Å². The predicted molar refractivity (Wildman–Crippen MR) is 48.2 cm³/mol. The Morgan fingerprint density at radius 1 is 1.08 bits per heavy atom. The van der Waals surface area contributed by atoms with Crippen LogP contribution in [0, 0.1) is 0 Å². The summed E-state index contributed by atoms with van der Waals surface area (Å²) in [5, 5.41) is 8.92. The maximum Gasteiger partial charge on any atom is 0.179 e. The second-order valence-corrected chi connectivity index (χ2v) is 3.86. The molecule has 0 atom stereocenters. The quantitative estimate of drug-likeness (QED) is 0.314. The van der Waals surface area contributed by atoms with Crippen molar-refractivity contribution in [2.24, 2.45) is 0 Å². The molecule has 0 aliphatic carbocycles. The van der Waals surface area contributed by atoms with Crippen LogP contribution in [0.2, 0.25) is 0 Å². The van der Waals surface area contributed by atoms with Gasteiger partial charge in [0.25, 0.3) is 0 Å². The molecule has 0 amide bonds. The Kier molecular flexibility index (Phi) is 9.61. The molecule has 0 fully saturated rings. The number of nitrogens with zero attached hydrogens (tertiary/aromatic N) is 1. The molecule has 0 unspecified atom stereocenters. The fourth-order valence-electron chi connectivity index (χ4n) is 1.04. The summed E-state index contributed by atoms with van der Waals surface area (Å²) in [6, 6.07) is 0. The molecule has 0 rings (SSSR count). The van der Waals surface area contributed by atoms with E-state index in [-0.39, 0.29) is 19.1 Å². The van der Waals surface area contributed by atoms with Crippen molar-refractivity contribution in [1.82, 2.24) is 0 Å². The van der Waals surface area contributed by atoms with Crippen LogP contribution in [0.5, 0.6) is 0 Å². The maximum absolute atomic E-state index is 8.92. The number of hydrogen-bond acceptors (Lipinski definition) is 1. The third-order valence-corrected chi connectivity index (χ3v) is 2.00. The predicted octanol–water partition coefficient (Wildman–Crippen LogP) is -1.40. The lowest BCUT2D eigenvalue weighted by Gasteiger charge is -2.26. The van der Waals surface area contributed by atoms with E-state index in [1.807, 2.05) is 0 Å². The third-order valence-electron chi connectivity index (χ3n) is 2.00. The van der Waals surface area contributed by atoms with Gasteiger partial charge in [-0.1, -0.05) is 19.8 Å². The van der Waals surface area contributed by atoms with Gasteiger partial charge < -0.3 is 22.0 Å². The Morgan fingerprint density at radius 3 is 2.08 bits per heavy atom. The van der Waals surface area contributed by atoms with Gasteiger partial charge in [0.1, 0.15) is 0 Å². The first kappa shape index (κ1) is 14.7. The number of aliphatic hydroxyl groups is 1. The van der Waals surface area contributed by atoms with Crippen LogP contribution < -0.4 is 12.4 Å². The van der Waals surface area contributed by atoms with E-state index in [4.69, 9.17) is 5.11 Å². The van der Waals surface area contributed by atoms with Gasteiger partial charge in [0, 0.05) is 0 Å². The normalized spacial score (nSPS) is 11.0. The average Bonchev–Trinajstić information content (AvgIpc) is 1.99. The molecule has 0 aromatic carbocycles. The van der Waals surface area contributed by atoms with Crippen LogP contribution in [0.25, 0.3) is 0 Å². The van der Waals surface area contributed by atoms with Crippen LogP contribution in [0.15, 0.2) is 0 Å². The fraction of sp³-hybridized carbons (Fsp3) is 1.00. The highest BCUT2D eigenvalue weighted by atomic mass is 35.5. The zero-order valence-corrected chi connectivity index (χ0v) is 9.27. The van der Waals surface area contributed by atoms with Crippen LogP contribution in [-0.4, -0.2) is 37.0 Å². The summed E-state index contributed by atoms with van der Waals surface area (Å²) >= 11 is 0. The van der Waals surface area contributed by atoms with Crippen LogP contribution in [0.3, 0.4) is 0 Å². The molecule has 0 bridgehead atoms. The molecule has 0 saturated heterocycles. The number of halogens is 1. The Bertz CT molecular complexity index is 96.5. The summed E-state index contributed by atoms with van der Waals surface area (Å²) in [5.41, 5.74) is 0. The van der Waals surface area contributed by atoms with E-state index in [2.05, 4.69) is 21.0 Å². The number of hydrogen-bond donors (Lipinski definition) is 1. The highest BCUT2D eigenvalue weighted by molar-refractivity contribution is 4.38. The lowest BCUT2D eigenvalue weighted by atomic mass is 10.2. The molecule has 0 aliphatic rings. The van der Waals surface area contributed by atoms with Gasteiger partial charge in [-0.25, -0.2) is 0 Å². The van der Waals surface area contributed by atoms with Crippen molar-refractivity contribution in [3.8, 4) is 0 Å². The third kappa shape index (κ3) is 8.31. The second kappa shape index (κ2) is 7.84. The van der Waals surface area contributed by atoms with Gasteiger partial charge in [0.05, 0.1) is 20.6 Å². The van der Waals surface area contributed by atoms with Gasteiger partial charge in [0.2, 0.25) is 0 Å². The van der Waals surface area contributed by atoms with Gasteiger partial charge >= 0.3 is 0 Å². The highest BCUT2D eigenvalue weighted by Crippen LogP contribution is 2.03. The number of unbranched alkanes of at least 4 members (excludes halogenated alkanes) is 3. The smallest absolute Gasteiger partial charge is 0.179 e. The number of quaternary nitrogens is 1. The van der Waals surface area contributed by atoms with Crippen molar-refractivity contribution in [2.45, 2.75) is 32.6 Å². The first-order valence-corrected chi connectivity index (χ1v) is 4.55. The molecule has 0 radical (unpaired) electrons. The van der Waals surface area contributed by atoms with Crippen molar-refractivity contribution in [3.63, 3.8) is 0 Å². The summed E-state index contributed by atoms with van der Waals surface area (Å²) in [6.45, 7) is 3.56. The van der Waals surface area contributed by atoms with Crippen LogP contribution >= 0.6 is 0 Å². The molecule has 0 heterocycles. The zero-order chi connectivity index (χ0) is 8.74. The van der Waals surface area contributed by atoms with Gasteiger partial charge in [-0.2, -0.15) is 0 Å². The van der Waals surface area contributed by atoms with E-state index in [1.54, 1.807) is 0 Å². The van der Waals surface area contributed by atoms with Gasteiger partial charge in [-0.15, -0.1) is 0 Å². The van der Waals surface area contributed by atoms with E-state index in [0.29, 0.717) is 0 Å². The molecule has 76 valence electrons. The topological polar surface area (TPSA) is 20.2 Å². The van der Waals surface area contributed by atoms with E-state index in [1.165, 1.54) is 25.7 Å². The minimum Gasteiger partial charge on any atom is -1.00 e. The number of rotatable bonds is 6. The van der Waals surface area contributed by atoms with Crippen LogP contribution in [-0.2, 0) is 0 Å². The van der Waals surface area contributed by atoms with Crippen molar-refractivity contribution >= 4 is 0 Å². The lowest BCUT2D eigenvalue weighted by Crippen LogP contribution is -3.00. The lowest BCUT2D eigenvalue weighted by molar-refractivity contribution is -0.909. The summed E-state index contributed by atoms with van der Waals surface area (Å²) in [6.07, 6.45) is 5.15. The SMILES string of the molecule is CCCCCC[N+](C)(C)CO.[Cl-]. The Labute approximate surface area is 82.6 Å². The molecule has 1 N–H and O–H groups in total. The van der Waals surface area contributed by atoms with E-state index in [0.717, 1.165) is 11.0 Å². The van der Waals surface area contributed by atoms with E-state index < -0.39 is 0 Å². The minimum absolute atomic E-state index is 0. The first-order valence-electron chi connectivity index (χ1n) is 4.55. The summed E-state index contributed by atoms with van der Waals surface area (Å²) in [5.74, 6) is 0. The van der Waals surface area contributed by atoms with Crippen LogP contribution in [0.1, 0.15) is 32.6 Å². The van der Waals surface area contributed by atoms with Crippen LogP contribution in [0.4, 0.5) is 0 Å². The highest BCUT2D eigenvalue weighted by Gasteiger charge is 2.10. The van der Waals surface area contributed by atoms with E-state index >= 15 is 0 Å². The summed E-state index contributed by atoms with van der Waals surface area (Å²) < 4.78 is 0.740. The summed E-state index contributed by atoms with van der Waals surface area (Å²) in [7, 11) is 4.12. The fourth-order valence-corrected chi connectivity index (χ4v) is 1.04. The molecule has 2 nitrogen and oxygen atoms in total. The van der Waals surface area contributed by atoms with Gasteiger partial charge in [0.15, 0.2) is 6.73 Å². The molecule has 0 spiro atoms. The van der Waals surface area contributed by atoms with Gasteiger partial charge in [-0.3, -0.25) is 0 Å². The number of aliphatic hydroxyl groups excluding tert-OH is 1. The van der Waals surface area contributed by atoms with Crippen molar-refractivity contribution in [3.05, 3.63) is 0 Å². The maximum atomic E-state index is 8.92. The standard InChI is InChI=1S/C9H22NO.ClH/c1-4-5-6-7-8-10(2,3)9-11;/h11H,4-9H2,1-3H3;1H/q+1;/p-1. The van der Waals surface area contributed by atoms with Gasteiger partial charge in [-0.05, 0) is 12.8 Å². The Balaban J connectivity index is 0. The monoisotopic (exact) mass is 195 g/mol. The summed E-state index contributed by atoms with van der Waals surface area (Å²) in [4.78, 5) is 0. The average molecular weight is 196 g/mol. The minimum atomic E-state index is 0. The Morgan fingerprint density at radius 2 is 1.67 bits per heavy atom. The molecule has 0 aromatic rings. The van der Waals surface area contributed by atoms with Crippen molar-refractivity contribution in [2.75, 3.05) is 27.4 Å². The largest absolute Gasteiger partial charge is 1.00 e.